The lowest BCUT2D eigenvalue weighted by Crippen LogP contribution is -2.13. The van der Waals surface area contributed by atoms with Crippen LogP contribution in [0, 0.1) is 18.8 Å². The molecule has 0 atom stereocenters. The van der Waals surface area contributed by atoms with E-state index in [0.717, 1.165) is 5.56 Å². The summed E-state index contributed by atoms with van der Waals surface area (Å²) in [5.41, 5.74) is 7.23. The van der Waals surface area contributed by atoms with E-state index in [-0.39, 0.29) is 12.3 Å². The van der Waals surface area contributed by atoms with Gasteiger partial charge in [0.1, 0.15) is 5.75 Å². The van der Waals surface area contributed by atoms with Gasteiger partial charge in [-0.05, 0) is 25.1 Å². The van der Waals surface area contributed by atoms with Crippen LogP contribution in [0.4, 0.5) is 5.69 Å². The monoisotopic (exact) mass is 285 g/mol. The molecule has 0 aliphatic carbocycles. The molecule has 2 rings (SSSR count). The number of carbonyl (C=O) groups excluding carboxylic acids is 1. The molecule has 0 unspecified atom stereocenters. The predicted molar refractivity (Wildman–Crippen MR) is 78.1 cm³/mol. The highest BCUT2D eigenvalue weighted by molar-refractivity contribution is 6.04. The maximum Gasteiger partial charge on any atom is 0.294 e. The van der Waals surface area contributed by atoms with Gasteiger partial charge in [0.05, 0.1) is 25.5 Å². The largest absolute Gasteiger partial charge is 0.495 e. The Balaban J connectivity index is 2.29. The lowest BCUT2D eigenvalue weighted by atomic mass is 10.1. The molecule has 3 N–H and O–H groups in total. The van der Waals surface area contributed by atoms with Gasteiger partial charge in [-0.15, -0.1) is 0 Å². The summed E-state index contributed by atoms with van der Waals surface area (Å²) in [4.78, 5) is 12.1. The highest BCUT2D eigenvalue weighted by Crippen LogP contribution is 2.26. The zero-order chi connectivity index (χ0) is 15.2. The molecule has 1 heterocycles. The number of carbonyl (C=O) groups is 1. The van der Waals surface area contributed by atoms with Crippen LogP contribution >= 0.6 is 0 Å². The lowest BCUT2D eigenvalue weighted by molar-refractivity contribution is 0.0986. The van der Waals surface area contributed by atoms with Crippen molar-refractivity contribution in [2.45, 2.75) is 6.92 Å². The Kier molecular flexibility index (Phi) is 4.59. The summed E-state index contributed by atoms with van der Waals surface area (Å²) >= 11 is 0. The van der Waals surface area contributed by atoms with Crippen LogP contribution in [0.3, 0.4) is 0 Å². The van der Waals surface area contributed by atoms with Crippen molar-refractivity contribution >= 4 is 11.6 Å². The molecule has 6 heteroatoms. The van der Waals surface area contributed by atoms with E-state index in [1.165, 1.54) is 13.3 Å². The number of methoxy groups -OCH3 is 1. The van der Waals surface area contributed by atoms with Crippen LogP contribution in [0.1, 0.15) is 21.7 Å². The minimum absolute atomic E-state index is 0.162. The molecule has 0 radical (unpaired) electrons. The van der Waals surface area contributed by atoms with Gasteiger partial charge in [0, 0.05) is 11.1 Å². The molecule has 1 aromatic heterocycles. The zero-order valence-corrected chi connectivity index (χ0v) is 11.8. The van der Waals surface area contributed by atoms with Gasteiger partial charge in [0.2, 0.25) is 5.76 Å². The zero-order valence-electron chi connectivity index (χ0n) is 11.8. The molecular weight excluding hydrogens is 270 g/mol. The number of nitrogens with zero attached hydrogens (tertiary/aromatic N) is 1. The Morgan fingerprint density at radius 2 is 2.33 bits per heavy atom. The summed E-state index contributed by atoms with van der Waals surface area (Å²) in [5, 5.41) is 6.31. The lowest BCUT2D eigenvalue weighted by Gasteiger charge is -2.09. The second-order valence-electron chi connectivity index (χ2n) is 4.21. The van der Waals surface area contributed by atoms with Gasteiger partial charge in [-0.1, -0.05) is 17.0 Å². The molecule has 6 nitrogen and oxygen atoms in total. The van der Waals surface area contributed by atoms with Gasteiger partial charge >= 0.3 is 0 Å². The van der Waals surface area contributed by atoms with E-state index in [2.05, 4.69) is 22.3 Å². The summed E-state index contributed by atoms with van der Waals surface area (Å²) in [7, 11) is 1.52. The number of nitrogens with two attached hydrogens (primary N) is 1. The van der Waals surface area contributed by atoms with Crippen LogP contribution < -0.4 is 15.8 Å². The number of anilines is 1. The van der Waals surface area contributed by atoms with Crippen molar-refractivity contribution in [3.05, 3.63) is 41.3 Å². The van der Waals surface area contributed by atoms with Crippen LogP contribution in [0.15, 0.2) is 28.9 Å². The number of benzene rings is 1. The van der Waals surface area contributed by atoms with Crippen molar-refractivity contribution in [2.75, 3.05) is 19.0 Å². The number of nitrogens with one attached hydrogen (secondary N) is 1. The van der Waals surface area contributed by atoms with Gasteiger partial charge in [-0.3, -0.25) is 4.79 Å². The van der Waals surface area contributed by atoms with Crippen LogP contribution in [0.2, 0.25) is 0 Å². The molecule has 0 saturated heterocycles. The van der Waals surface area contributed by atoms with Crippen molar-refractivity contribution in [2.24, 2.45) is 5.73 Å². The maximum atomic E-state index is 12.1. The van der Waals surface area contributed by atoms with Gasteiger partial charge < -0.3 is 20.3 Å². The topological polar surface area (TPSA) is 90.4 Å². The molecule has 0 bridgehead atoms. The highest BCUT2D eigenvalue weighted by atomic mass is 16.5. The minimum Gasteiger partial charge on any atom is -0.495 e. The Labute approximate surface area is 122 Å². The first-order valence-electron chi connectivity index (χ1n) is 6.25. The number of ether oxygens (including phenoxy) is 1. The number of aromatic nitrogens is 1. The van der Waals surface area contributed by atoms with Crippen molar-refractivity contribution in [1.82, 2.24) is 5.16 Å². The molecule has 0 saturated carbocycles. The van der Waals surface area contributed by atoms with Gasteiger partial charge in [-0.25, -0.2) is 0 Å². The molecule has 1 aromatic carbocycles. The Bertz CT molecular complexity index is 710. The van der Waals surface area contributed by atoms with Gasteiger partial charge in [-0.2, -0.15) is 0 Å². The average Bonchev–Trinajstić information content (AvgIpc) is 2.91. The third-order valence-corrected chi connectivity index (χ3v) is 2.74. The summed E-state index contributed by atoms with van der Waals surface area (Å²) in [5.74, 6) is 5.95. The molecule has 0 aliphatic heterocycles. The Morgan fingerprint density at radius 3 is 2.95 bits per heavy atom. The molecule has 21 heavy (non-hydrogen) atoms. The summed E-state index contributed by atoms with van der Waals surface area (Å²) < 4.78 is 10.1. The molecule has 0 spiro atoms. The van der Waals surface area contributed by atoms with Crippen LogP contribution in [-0.4, -0.2) is 24.7 Å². The number of amides is 1. The van der Waals surface area contributed by atoms with E-state index in [9.17, 15) is 4.79 Å². The fraction of sp³-hybridized carbons (Fsp3) is 0.200. The minimum atomic E-state index is -0.396. The normalized spacial score (nSPS) is 9.67. The molecule has 0 aliphatic rings. The fourth-order valence-electron chi connectivity index (χ4n) is 1.72. The van der Waals surface area contributed by atoms with E-state index in [1.54, 1.807) is 25.1 Å². The first kappa shape index (κ1) is 14.6. The smallest absolute Gasteiger partial charge is 0.294 e. The number of hydrogen-bond acceptors (Lipinski definition) is 5. The predicted octanol–water partition coefficient (Wildman–Crippen LogP) is 1.55. The molecule has 2 aromatic rings. The fourth-order valence-corrected chi connectivity index (χ4v) is 1.72. The van der Waals surface area contributed by atoms with E-state index in [1.807, 2.05) is 0 Å². The first-order valence-corrected chi connectivity index (χ1v) is 6.25. The quantitative estimate of drug-likeness (QED) is 0.835. The Hall–Kier alpha value is -2.78. The van der Waals surface area contributed by atoms with Crippen molar-refractivity contribution in [3.8, 4) is 17.6 Å². The van der Waals surface area contributed by atoms with Crippen LogP contribution in [-0.2, 0) is 0 Å². The molecule has 1 amide bonds. The van der Waals surface area contributed by atoms with E-state index >= 15 is 0 Å². The van der Waals surface area contributed by atoms with E-state index in [4.69, 9.17) is 15.0 Å². The van der Waals surface area contributed by atoms with E-state index < -0.39 is 5.91 Å². The third-order valence-electron chi connectivity index (χ3n) is 2.74. The number of aryl methyl sites for hydroxylation is 1. The maximum absolute atomic E-state index is 12.1. The summed E-state index contributed by atoms with van der Waals surface area (Å²) in [6.07, 6.45) is 1.48. The summed E-state index contributed by atoms with van der Waals surface area (Å²) in [6.45, 7) is 2.01. The third kappa shape index (κ3) is 3.41. The summed E-state index contributed by atoms with van der Waals surface area (Å²) in [6, 6.07) is 5.23. The molecule has 108 valence electrons. The highest BCUT2D eigenvalue weighted by Gasteiger charge is 2.16. The number of hydrogen-bond donors (Lipinski definition) is 2. The Morgan fingerprint density at radius 1 is 1.52 bits per heavy atom. The molecular formula is C15H15N3O3. The second kappa shape index (κ2) is 6.59. The van der Waals surface area contributed by atoms with Gasteiger partial charge in [0.25, 0.3) is 5.91 Å². The van der Waals surface area contributed by atoms with Crippen molar-refractivity contribution in [1.29, 1.82) is 0 Å². The van der Waals surface area contributed by atoms with Gasteiger partial charge in [0.15, 0.2) is 0 Å². The van der Waals surface area contributed by atoms with E-state index in [0.29, 0.717) is 17.0 Å². The molecule has 0 fully saturated rings. The van der Waals surface area contributed by atoms with Crippen molar-refractivity contribution < 1.29 is 14.1 Å². The SMILES string of the molecule is COc1ccc(C#CCN)cc1NC(=O)c1oncc1C. The second-order valence-corrected chi connectivity index (χ2v) is 4.21. The van der Waals surface area contributed by atoms with Crippen LogP contribution in [0.25, 0.3) is 0 Å². The first-order chi connectivity index (χ1) is 10.2. The average molecular weight is 285 g/mol. The van der Waals surface area contributed by atoms with Crippen LogP contribution in [0.5, 0.6) is 5.75 Å². The standard InChI is InChI=1S/C15H15N3O3/c1-10-9-17-21-14(10)15(19)18-12-8-11(4-3-7-16)5-6-13(12)20-2/h5-6,8-9H,7,16H2,1-2H3,(H,18,19). The van der Waals surface area contributed by atoms with Crippen molar-refractivity contribution in [3.63, 3.8) is 0 Å². The number of rotatable bonds is 3.